The van der Waals surface area contributed by atoms with Crippen LogP contribution in [0.1, 0.15) is 18.6 Å². The maximum atomic E-state index is 11.0. The van der Waals surface area contributed by atoms with Gasteiger partial charge in [0.1, 0.15) is 0 Å². The van der Waals surface area contributed by atoms with Gasteiger partial charge in [0.25, 0.3) is 0 Å². The van der Waals surface area contributed by atoms with Crippen LogP contribution in [0.25, 0.3) is 0 Å². The van der Waals surface area contributed by atoms with Crippen molar-refractivity contribution in [3.63, 3.8) is 0 Å². The van der Waals surface area contributed by atoms with Gasteiger partial charge in [-0.05, 0) is 31.7 Å². The van der Waals surface area contributed by atoms with Gasteiger partial charge in [-0.2, -0.15) is 0 Å². The fourth-order valence-corrected chi connectivity index (χ4v) is 1.56. The van der Waals surface area contributed by atoms with Crippen molar-refractivity contribution in [2.45, 2.75) is 19.1 Å². The number of aliphatic hydroxyl groups is 1. The van der Waals surface area contributed by atoms with Gasteiger partial charge in [0.2, 0.25) is 5.91 Å². The third kappa shape index (κ3) is 4.00. The molecule has 2 atom stereocenters. The fourth-order valence-electron chi connectivity index (χ4n) is 1.44. The van der Waals surface area contributed by atoms with Crippen molar-refractivity contribution in [1.29, 1.82) is 0 Å². The number of nitrogens with zero attached hydrogens (tertiary/aromatic N) is 1. The van der Waals surface area contributed by atoms with Crippen LogP contribution < -0.4 is 5.73 Å². The summed E-state index contributed by atoms with van der Waals surface area (Å²) in [5, 5.41) is 10.6. The van der Waals surface area contributed by atoms with Gasteiger partial charge in [-0.1, -0.05) is 23.7 Å². The van der Waals surface area contributed by atoms with Crippen LogP contribution in [-0.4, -0.2) is 35.5 Å². The fraction of sp³-hybridized carbons (Fsp3) is 0.417. The maximum Gasteiger partial charge on any atom is 0.234 e. The van der Waals surface area contributed by atoms with Gasteiger partial charge in [-0.15, -0.1) is 0 Å². The molecule has 4 nitrogen and oxygen atoms in total. The van der Waals surface area contributed by atoms with E-state index in [4.69, 9.17) is 17.3 Å². The lowest BCUT2D eigenvalue weighted by atomic mass is 10.1. The lowest BCUT2D eigenvalue weighted by Crippen LogP contribution is -2.42. The second-order valence-electron chi connectivity index (χ2n) is 4.09. The van der Waals surface area contributed by atoms with E-state index in [-0.39, 0.29) is 0 Å². The molecule has 1 amide bonds. The van der Waals surface area contributed by atoms with Gasteiger partial charge in [0, 0.05) is 11.6 Å². The van der Waals surface area contributed by atoms with Crippen molar-refractivity contribution in [3.05, 3.63) is 34.9 Å². The quantitative estimate of drug-likeness (QED) is 0.831. The normalized spacial score (nSPS) is 14.6. The number of aliphatic hydroxyl groups excluding tert-OH is 1. The third-order valence-corrected chi connectivity index (χ3v) is 3.04. The van der Waals surface area contributed by atoms with E-state index in [0.717, 1.165) is 5.56 Å². The molecule has 1 unspecified atom stereocenters. The molecule has 0 aliphatic heterocycles. The van der Waals surface area contributed by atoms with Crippen molar-refractivity contribution in [1.82, 2.24) is 4.90 Å². The van der Waals surface area contributed by atoms with Crippen LogP contribution >= 0.6 is 11.6 Å². The van der Waals surface area contributed by atoms with Gasteiger partial charge in [0.05, 0.1) is 12.1 Å². The van der Waals surface area contributed by atoms with Crippen molar-refractivity contribution < 1.29 is 9.90 Å². The predicted octanol–water partition coefficient (Wildman–Crippen LogP) is 1.18. The number of hydrogen-bond acceptors (Lipinski definition) is 3. The first-order chi connectivity index (χ1) is 7.91. The first-order valence-corrected chi connectivity index (χ1v) is 5.72. The van der Waals surface area contributed by atoms with Gasteiger partial charge < -0.3 is 10.8 Å². The Labute approximate surface area is 106 Å². The summed E-state index contributed by atoms with van der Waals surface area (Å²) < 4.78 is 0. The van der Waals surface area contributed by atoms with Crippen LogP contribution in [-0.2, 0) is 4.79 Å². The number of nitrogens with two attached hydrogens (primary N) is 1. The van der Waals surface area contributed by atoms with Gasteiger partial charge in [-0.3, -0.25) is 9.69 Å². The predicted molar refractivity (Wildman–Crippen MR) is 67.7 cm³/mol. The van der Waals surface area contributed by atoms with Gasteiger partial charge >= 0.3 is 0 Å². The number of carbonyl (C=O) groups is 1. The molecule has 1 rings (SSSR count). The second-order valence-corrected chi connectivity index (χ2v) is 4.52. The molecule has 0 aromatic heterocycles. The van der Waals surface area contributed by atoms with Crippen LogP contribution in [0.5, 0.6) is 0 Å². The topological polar surface area (TPSA) is 66.6 Å². The van der Waals surface area contributed by atoms with Gasteiger partial charge in [0.15, 0.2) is 0 Å². The monoisotopic (exact) mass is 256 g/mol. The minimum atomic E-state index is -0.668. The third-order valence-electron chi connectivity index (χ3n) is 2.79. The molecule has 0 radical (unpaired) electrons. The van der Waals surface area contributed by atoms with Crippen LogP contribution in [0.2, 0.25) is 5.02 Å². The summed E-state index contributed by atoms with van der Waals surface area (Å²) in [6.07, 6.45) is -0.668. The Morgan fingerprint density at radius 2 is 2.00 bits per heavy atom. The molecule has 3 N–H and O–H groups in total. The van der Waals surface area contributed by atoms with Crippen molar-refractivity contribution in [3.8, 4) is 0 Å². The lowest BCUT2D eigenvalue weighted by molar-refractivity contribution is -0.122. The van der Waals surface area contributed by atoms with Crippen molar-refractivity contribution in [2.75, 3.05) is 13.6 Å². The van der Waals surface area contributed by atoms with Crippen LogP contribution in [0.3, 0.4) is 0 Å². The standard InChI is InChI=1S/C12H17ClN2O2/c1-8(12(14)17)15(2)7-11(16)9-3-5-10(13)6-4-9/h3-6,8,11,16H,7H2,1-2H3,(H2,14,17)/t8-,11?/m1/s1. The van der Waals surface area contributed by atoms with E-state index >= 15 is 0 Å². The zero-order valence-electron chi connectivity index (χ0n) is 9.93. The van der Waals surface area contributed by atoms with E-state index in [1.165, 1.54) is 0 Å². The summed E-state index contributed by atoms with van der Waals surface area (Å²) in [4.78, 5) is 12.7. The highest BCUT2D eigenvalue weighted by Crippen LogP contribution is 2.17. The number of carbonyl (C=O) groups excluding carboxylic acids is 1. The summed E-state index contributed by atoms with van der Waals surface area (Å²) in [5.41, 5.74) is 5.95. The van der Waals surface area contributed by atoms with E-state index in [1.54, 1.807) is 43.1 Å². The number of likely N-dealkylation sites (N-methyl/N-ethyl adjacent to an activating group) is 1. The molecule has 0 aliphatic rings. The maximum absolute atomic E-state index is 11.0. The highest BCUT2D eigenvalue weighted by Gasteiger charge is 2.18. The highest BCUT2D eigenvalue weighted by atomic mass is 35.5. The number of benzene rings is 1. The van der Waals surface area contributed by atoms with E-state index in [9.17, 15) is 9.90 Å². The number of hydrogen-bond donors (Lipinski definition) is 2. The number of halogens is 1. The van der Waals surface area contributed by atoms with E-state index in [1.807, 2.05) is 0 Å². The Kier molecular flexibility index (Phi) is 4.93. The lowest BCUT2D eigenvalue weighted by Gasteiger charge is -2.24. The van der Waals surface area contributed by atoms with Crippen LogP contribution in [0.4, 0.5) is 0 Å². The molecular weight excluding hydrogens is 240 g/mol. The number of rotatable bonds is 5. The van der Waals surface area contributed by atoms with E-state index < -0.39 is 18.1 Å². The first kappa shape index (κ1) is 14.0. The minimum Gasteiger partial charge on any atom is -0.387 e. The summed E-state index contributed by atoms with van der Waals surface area (Å²) >= 11 is 5.76. The molecule has 94 valence electrons. The van der Waals surface area contributed by atoms with E-state index in [2.05, 4.69) is 0 Å². The average Bonchev–Trinajstić information content (AvgIpc) is 2.28. The molecular formula is C12H17ClN2O2. The Bertz CT molecular complexity index is 381. The molecule has 0 heterocycles. The summed E-state index contributed by atoms with van der Waals surface area (Å²) in [7, 11) is 1.74. The molecule has 0 saturated heterocycles. The smallest absolute Gasteiger partial charge is 0.234 e. The Balaban J connectivity index is 2.63. The Hall–Kier alpha value is -1.10. The number of primary amides is 1. The second kappa shape index (κ2) is 6.00. The van der Waals surface area contributed by atoms with Crippen molar-refractivity contribution >= 4 is 17.5 Å². The van der Waals surface area contributed by atoms with Crippen molar-refractivity contribution in [2.24, 2.45) is 5.73 Å². The molecule has 1 aromatic carbocycles. The molecule has 0 aliphatic carbocycles. The van der Waals surface area contributed by atoms with E-state index in [0.29, 0.717) is 11.6 Å². The molecule has 0 spiro atoms. The summed E-state index contributed by atoms with van der Waals surface area (Å²) in [5.74, 6) is -0.407. The molecule has 17 heavy (non-hydrogen) atoms. The largest absolute Gasteiger partial charge is 0.387 e. The minimum absolute atomic E-state index is 0.339. The SMILES string of the molecule is C[C@H](C(N)=O)N(C)CC(O)c1ccc(Cl)cc1. The van der Waals surface area contributed by atoms with Crippen LogP contribution in [0, 0.1) is 0 Å². The number of amides is 1. The summed E-state index contributed by atoms with van der Waals surface area (Å²) in [6.45, 7) is 2.04. The molecule has 0 fully saturated rings. The summed E-state index contributed by atoms with van der Waals surface area (Å²) in [6, 6.07) is 6.55. The first-order valence-electron chi connectivity index (χ1n) is 5.35. The van der Waals surface area contributed by atoms with Gasteiger partial charge in [-0.25, -0.2) is 0 Å². The molecule has 0 bridgehead atoms. The zero-order valence-corrected chi connectivity index (χ0v) is 10.7. The molecule has 1 aromatic rings. The highest BCUT2D eigenvalue weighted by molar-refractivity contribution is 6.30. The zero-order chi connectivity index (χ0) is 13.0. The average molecular weight is 257 g/mol. The Morgan fingerprint density at radius 3 is 2.47 bits per heavy atom. The Morgan fingerprint density at radius 1 is 1.47 bits per heavy atom. The van der Waals surface area contributed by atoms with Crippen LogP contribution in [0.15, 0.2) is 24.3 Å². The molecule has 5 heteroatoms. The molecule has 0 saturated carbocycles.